The van der Waals surface area contributed by atoms with Crippen LogP contribution in [0.4, 0.5) is 11.5 Å². The zero-order valence-electron chi connectivity index (χ0n) is 16.8. The van der Waals surface area contributed by atoms with Crippen molar-refractivity contribution in [2.75, 3.05) is 42.6 Å². The summed E-state index contributed by atoms with van der Waals surface area (Å²) >= 11 is 0. The number of furan rings is 1. The molecule has 150 valence electrons. The van der Waals surface area contributed by atoms with Crippen LogP contribution in [0, 0.1) is 13.8 Å². The summed E-state index contributed by atoms with van der Waals surface area (Å²) in [6.45, 7) is 7.13. The second kappa shape index (κ2) is 7.15. The first-order valence-corrected chi connectivity index (χ1v) is 10.1. The number of aromatic nitrogens is 2. The number of amides is 1. The molecule has 1 fully saturated rings. The van der Waals surface area contributed by atoms with Gasteiger partial charge in [0.15, 0.2) is 0 Å². The Kier molecular flexibility index (Phi) is 4.47. The summed E-state index contributed by atoms with van der Waals surface area (Å²) in [5, 5.41) is 0.711. The van der Waals surface area contributed by atoms with Crippen LogP contribution >= 0.6 is 0 Å². The fraction of sp³-hybridized carbons (Fsp3) is 0.409. The molecule has 4 heterocycles. The van der Waals surface area contributed by atoms with Crippen LogP contribution in [0.5, 0.6) is 0 Å². The molecular weight excluding hydrogens is 368 g/mol. The van der Waals surface area contributed by atoms with E-state index in [1.165, 1.54) is 5.56 Å². The fourth-order valence-corrected chi connectivity index (χ4v) is 4.34. The van der Waals surface area contributed by atoms with Crippen LogP contribution in [0.25, 0.3) is 11.1 Å². The second-order valence-electron chi connectivity index (χ2n) is 7.60. The number of carbonyl (C=O) groups is 1. The number of benzene rings is 1. The van der Waals surface area contributed by atoms with Gasteiger partial charge >= 0.3 is 0 Å². The summed E-state index contributed by atoms with van der Waals surface area (Å²) < 4.78 is 11.5. The van der Waals surface area contributed by atoms with E-state index in [0.717, 1.165) is 37.4 Å². The molecule has 1 aromatic carbocycles. The van der Waals surface area contributed by atoms with Gasteiger partial charge in [-0.25, -0.2) is 4.98 Å². The molecular formula is C22H24N4O3. The average Bonchev–Trinajstić information content (AvgIpc) is 3.08. The maximum absolute atomic E-state index is 13.7. The van der Waals surface area contributed by atoms with Crippen LogP contribution in [-0.2, 0) is 11.2 Å². The number of nitrogens with zero attached hydrogens (tertiary/aromatic N) is 4. The van der Waals surface area contributed by atoms with E-state index in [2.05, 4.69) is 16.0 Å². The third-order valence-corrected chi connectivity index (χ3v) is 5.70. The number of anilines is 2. The minimum Gasteiger partial charge on any atom is -0.442 e. The van der Waals surface area contributed by atoms with Crippen LogP contribution in [0.1, 0.15) is 33.9 Å². The van der Waals surface area contributed by atoms with Crippen molar-refractivity contribution in [3.05, 3.63) is 47.0 Å². The van der Waals surface area contributed by atoms with Gasteiger partial charge in [0, 0.05) is 25.3 Å². The molecule has 0 N–H and O–H groups in total. The summed E-state index contributed by atoms with van der Waals surface area (Å²) in [7, 11) is 0. The van der Waals surface area contributed by atoms with Crippen molar-refractivity contribution in [3.8, 4) is 0 Å². The standard InChI is InChI=1S/C22H24N4O3/c1-14-18(22(27)26-9-5-7-16-6-3-4-8-17(16)26)19-20(25-10-12-28-13-11-25)23-15(2)24-21(19)29-14/h3-4,6,8H,5,7,9-13H2,1-2H3. The third kappa shape index (κ3) is 3.06. The Labute approximate surface area is 169 Å². The summed E-state index contributed by atoms with van der Waals surface area (Å²) in [5.41, 5.74) is 3.24. The van der Waals surface area contributed by atoms with Crippen LogP contribution < -0.4 is 9.80 Å². The second-order valence-corrected chi connectivity index (χ2v) is 7.60. The number of rotatable bonds is 2. The van der Waals surface area contributed by atoms with E-state index in [-0.39, 0.29) is 5.91 Å². The van der Waals surface area contributed by atoms with Gasteiger partial charge in [-0.3, -0.25) is 4.79 Å². The molecule has 3 aromatic rings. The zero-order valence-corrected chi connectivity index (χ0v) is 16.8. The molecule has 2 aliphatic heterocycles. The van der Waals surface area contributed by atoms with Crippen LogP contribution in [0.2, 0.25) is 0 Å². The van der Waals surface area contributed by atoms with E-state index in [0.29, 0.717) is 48.0 Å². The van der Waals surface area contributed by atoms with Crippen LogP contribution in [-0.4, -0.2) is 48.7 Å². The minimum absolute atomic E-state index is 0.0460. The number of hydrogen-bond acceptors (Lipinski definition) is 6. The first kappa shape index (κ1) is 18.1. The third-order valence-electron chi connectivity index (χ3n) is 5.70. The lowest BCUT2D eigenvalue weighted by Gasteiger charge is -2.30. The first-order valence-electron chi connectivity index (χ1n) is 10.1. The number of morpholine rings is 1. The summed E-state index contributed by atoms with van der Waals surface area (Å²) in [5.74, 6) is 1.94. The number of ether oxygens (including phenoxy) is 1. The Balaban J connectivity index is 1.65. The quantitative estimate of drug-likeness (QED) is 0.667. The summed E-state index contributed by atoms with van der Waals surface area (Å²) in [6.07, 6.45) is 1.94. The lowest BCUT2D eigenvalue weighted by atomic mass is 10.0. The molecule has 29 heavy (non-hydrogen) atoms. The van der Waals surface area contributed by atoms with Gasteiger partial charge in [0.05, 0.1) is 24.2 Å². The largest absolute Gasteiger partial charge is 0.442 e. The van der Waals surface area contributed by atoms with Gasteiger partial charge < -0.3 is 19.0 Å². The molecule has 2 aliphatic rings. The molecule has 0 bridgehead atoms. The minimum atomic E-state index is -0.0460. The molecule has 1 saturated heterocycles. The molecule has 5 rings (SSSR count). The van der Waals surface area contributed by atoms with E-state index < -0.39 is 0 Å². The molecule has 7 heteroatoms. The Bertz CT molecular complexity index is 1090. The highest BCUT2D eigenvalue weighted by Gasteiger charge is 2.31. The van der Waals surface area contributed by atoms with Crippen molar-refractivity contribution in [1.29, 1.82) is 0 Å². The maximum Gasteiger partial charge on any atom is 0.262 e. The number of carbonyl (C=O) groups excluding carboxylic acids is 1. The van der Waals surface area contributed by atoms with Crippen LogP contribution in [0.3, 0.4) is 0 Å². The van der Waals surface area contributed by atoms with Gasteiger partial charge in [0.25, 0.3) is 5.91 Å². The molecule has 0 saturated carbocycles. The van der Waals surface area contributed by atoms with Gasteiger partial charge in [-0.1, -0.05) is 18.2 Å². The Morgan fingerprint density at radius 1 is 1.07 bits per heavy atom. The number of para-hydroxylation sites is 1. The van der Waals surface area contributed by atoms with Crippen molar-refractivity contribution in [2.24, 2.45) is 0 Å². The van der Waals surface area contributed by atoms with Gasteiger partial charge in [-0.2, -0.15) is 4.98 Å². The Morgan fingerprint density at radius 2 is 1.86 bits per heavy atom. The molecule has 0 spiro atoms. The van der Waals surface area contributed by atoms with Crippen molar-refractivity contribution < 1.29 is 13.9 Å². The van der Waals surface area contributed by atoms with E-state index >= 15 is 0 Å². The molecule has 2 aromatic heterocycles. The Hall–Kier alpha value is -2.93. The van der Waals surface area contributed by atoms with Crippen molar-refractivity contribution >= 4 is 28.5 Å². The normalized spacial score (nSPS) is 16.9. The van der Waals surface area contributed by atoms with Gasteiger partial charge in [0.2, 0.25) is 5.71 Å². The fourth-order valence-electron chi connectivity index (χ4n) is 4.34. The average molecular weight is 392 g/mol. The smallest absolute Gasteiger partial charge is 0.262 e. The number of aryl methyl sites for hydroxylation is 3. The predicted octanol–water partition coefficient (Wildman–Crippen LogP) is 3.27. The topological polar surface area (TPSA) is 71.7 Å². The lowest BCUT2D eigenvalue weighted by molar-refractivity contribution is 0.0985. The Morgan fingerprint density at radius 3 is 2.69 bits per heavy atom. The van der Waals surface area contributed by atoms with E-state index in [9.17, 15) is 4.79 Å². The summed E-state index contributed by atoms with van der Waals surface area (Å²) in [6, 6.07) is 8.13. The SMILES string of the molecule is Cc1nc(N2CCOCC2)c2c(C(=O)N3CCCc4ccccc43)c(C)oc2n1. The molecule has 0 aliphatic carbocycles. The monoisotopic (exact) mass is 392 g/mol. The molecule has 0 radical (unpaired) electrons. The molecule has 0 atom stereocenters. The highest BCUT2D eigenvalue weighted by atomic mass is 16.5. The highest BCUT2D eigenvalue weighted by molar-refractivity contribution is 6.16. The van der Waals surface area contributed by atoms with Crippen molar-refractivity contribution in [2.45, 2.75) is 26.7 Å². The first-order chi connectivity index (χ1) is 14.1. The van der Waals surface area contributed by atoms with Gasteiger partial charge in [-0.15, -0.1) is 0 Å². The molecule has 7 nitrogen and oxygen atoms in total. The zero-order chi connectivity index (χ0) is 20.0. The van der Waals surface area contributed by atoms with E-state index in [4.69, 9.17) is 14.1 Å². The molecule has 1 amide bonds. The van der Waals surface area contributed by atoms with Crippen molar-refractivity contribution in [1.82, 2.24) is 9.97 Å². The predicted molar refractivity (Wildman–Crippen MR) is 111 cm³/mol. The van der Waals surface area contributed by atoms with Gasteiger partial charge in [-0.05, 0) is 38.3 Å². The number of hydrogen-bond donors (Lipinski definition) is 0. The van der Waals surface area contributed by atoms with E-state index in [1.54, 1.807) is 0 Å². The van der Waals surface area contributed by atoms with E-state index in [1.807, 2.05) is 36.9 Å². The number of fused-ring (bicyclic) bond motifs is 2. The van der Waals surface area contributed by atoms with Crippen molar-refractivity contribution in [3.63, 3.8) is 0 Å². The van der Waals surface area contributed by atoms with Gasteiger partial charge in [0.1, 0.15) is 17.4 Å². The highest BCUT2D eigenvalue weighted by Crippen LogP contribution is 2.35. The maximum atomic E-state index is 13.7. The molecule has 0 unspecified atom stereocenters. The van der Waals surface area contributed by atoms with Crippen LogP contribution in [0.15, 0.2) is 28.7 Å². The lowest BCUT2D eigenvalue weighted by Crippen LogP contribution is -2.38. The summed E-state index contributed by atoms with van der Waals surface area (Å²) in [4.78, 5) is 27.0.